The van der Waals surface area contributed by atoms with Crippen LogP contribution < -0.4 is 10.6 Å². The molecule has 2 aliphatic rings. The summed E-state index contributed by atoms with van der Waals surface area (Å²) in [6.07, 6.45) is 4.03. The summed E-state index contributed by atoms with van der Waals surface area (Å²) in [4.78, 5) is 22.8. The van der Waals surface area contributed by atoms with Crippen molar-refractivity contribution in [1.29, 1.82) is 0 Å². The first-order chi connectivity index (χ1) is 10.0. The fourth-order valence-corrected chi connectivity index (χ4v) is 3.45. The molecule has 2 aliphatic heterocycles. The van der Waals surface area contributed by atoms with Crippen molar-refractivity contribution in [2.24, 2.45) is 0 Å². The third kappa shape index (κ3) is 3.01. The largest absolute Gasteiger partial charge is 0.349 e. The fourth-order valence-electron chi connectivity index (χ4n) is 3.29. The van der Waals surface area contributed by atoms with Crippen LogP contribution in [0.2, 0.25) is 5.02 Å². The van der Waals surface area contributed by atoms with Gasteiger partial charge in [0.1, 0.15) is 5.56 Å². The van der Waals surface area contributed by atoms with Crippen molar-refractivity contribution in [2.75, 3.05) is 0 Å². The van der Waals surface area contributed by atoms with Crippen molar-refractivity contribution < 1.29 is 9.72 Å². The maximum Gasteiger partial charge on any atom is 0.283 e. The van der Waals surface area contributed by atoms with Crippen molar-refractivity contribution in [3.8, 4) is 0 Å². The molecule has 2 bridgehead atoms. The molecule has 112 valence electrons. The first-order valence-corrected chi connectivity index (χ1v) is 7.41. The predicted octanol–water partition coefficient (Wildman–Crippen LogP) is 2.26. The number of nitro groups is 1. The molecule has 2 heterocycles. The molecule has 1 amide bonds. The van der Waals surface area contributed by atoms with Gasteiger partial charge in [-0.2, -0.15) is 0 Å². The van der Waals surface area contributed by atoms with Crippen molar-refractivity contribution in [2.45, 2.75) is 43.8 Å². The van der Waals surface area contributed by atoms with Crippen molar-refractivity contribution >= 4 is 23.2 Å². The number of nitrogens with zero attached hydrogens (tertiary/aromatic N) is 1. The molecule has 0 radical (unpaired) electrons. The molecule has 0 aliphatic carbocycles. The van der Waals surface area contributed by atoms with Gasteiger partial charge in [-0.3, -0.25) is 14.9 Å². The highest BCUT2D eigenvalue weighted by molar-refractivity contribution is 6.31. The Morgan fingerprint density at radius 1 is 1.33 bits per heavy atom. The number of hydrogen-bond acceptors (Lipinski definition) is 4. The van der Waals surface area contributed by atoms with Crippen LogP contribution >= 0.6 is 11.6 Å². The lowest BCUT2D eigenvalue weighted by Gasteiger charge is -2.29. The van der Waals surface area contributed by atoms with Crippen molar-refractivity contribution in [1.82, 2.24) is 10.6 Å². The van der Waals surface area contributed by atoms with E-state index in [9.17, 15) is 14.9 Å². The van der Waals surface area contributed by atoms with Crippen LogP contribution in [0.25, 0.3) is 0 Å². The summed E-state index contributed by atoms with van der Waals surface area (Å²) in [6, 6.07) is 5.10. The standard InChI is InChI=1S/C14H16ClN3O3/c15-8-1-4-12(13(5-8)18(20)21)14(19)17-11-6-9-2-3-10(7-11)16-9/h1,4-5,9-11,16H,2-3,6-7H2,(H,17,19). The summed E-state index contributed by atoms with van der Waals surface area (Å²) in [7, 11) is 0. The summed E-state index contributed by atoms with van der Waals surface area (Å²) < 4.78 is 0. The van der Waals surface area contributed by atoms with Gasteiger partial charge in [0.15, 0.2) is 0 Å². The molecule has 1 aromatic carbocycles. The van der Waals surface area contributed by atoms with Gasteiger partial charge in [-0.1, -0.05) is 11.6 Å². The minimum absolute atomic E-state index is 0.0651. The molecule has 21 heavy (non-hydrogen) atoms. The van der Waals surface area contributed by atoms with Gasteiger partial charge in [0.05, 0.1) is 4.92 Å². The Kier molecular flexibility index (Phi) is 3.82. The van der Waals surface area contributed by atoms with Crippen LogP contribution in [0.4, 0.5) is 5.69 Å². The molecular weight excluding hydrogens is 294 g/mol. The first-order valence-electron chi connectivity index (χ1n) is 7.04. The average Bonchev–Trinajstić information content (AvgIpc) is 2.77. The van der Waals surface area contributed by atoms with Gasteiger partial charge in [0.25, 0.3) is 11.6 Å². The molecule has 6 nitrogen and oxygen atoms in total. The number of hydrogen-bond donors (Lipinski definition) is 2. The Morgan fingerprint density at radius 3 is 2.62 bits per heavy atom. The number of amides is 1. The molecule has 0 saturated carbocycles. The van der Waals surface area contributed by atoms with Crippen molar-refractivity contribution in [3.63, 3.8) is 0 Å². The molecule has 7 heteroatoms. The van der Waals surface area contributed by atoms with E-state index in [1.54, 1.807) is 0 Å². The molecule has 2 saturated heterocycles. The summed E-state index contributed by atoms with van der Waals surface area (Å²) >= 11 is 5.76. The Hall–Kier alpha value is -1.66. The SMILES string of the molecule is O=C(NC1CC2CCC(C1)N2)c1ccc(Cl)cc1[N+](=O)[O-]. The first kappa shape index (κ1) is 14.3. The lowest BCUT2D eigenvalue weighted by atomic mass is 9.99. The van der Waals surface area contributed by atoms with Gasteiger partial charge in [0.2, 0.25) is 0 Å². The summed E-state index contributed by atoms with van der Waals surface area (Å²) in [6.45, 7) is 0. The average molecular weight is 310 g/mol. The molecule has 3 rings (SSSR count). The van der Waals surface area contributed by atoms with Gasteiger partial charge in [-0.05, 0) is 37.8 Å². The van der Waals surface area contributed by atoms with E-state index in [-0.39, 0.29) is 22.3 Å². The lowest BCUT2D eigenvalue weighted by Crippen LogP contribution is -2.48. The maximum absolute atomic E-state index is 12.3. The molecule has 1 aromatic rings. The highest BCUT2D eigenvalue weighted by Crippen LogP contribution is 2.28. The van der Waals surface area contributed by atoms with Crippen LogP contribution in [0.1, 0.15) is 36.0 Å². The van der Waals surface area contributed by atoms with E-state index in [0.717, 1.165) is 25.7 Å². The summed E-state index contributed by atoms with van der Waals surface area (Å²) in [5, 5.41) is 17.7. The summed E-state index contributed by atoms with van der Waals surface area (Å²) in [5.41, 5.74) is -0.188. The van der Waals surface area contributed by atoms with Crippen LogP contribution in [0.5, 0.6) is 0 Å². The Labute approximate surface area is 127 Å². The molecular formula is C14H16ClN3O3. The Balaban J connectivity index is 1.75. The number of carbonyl (C=O) groups is 1. The number of carbonyl (C=O) groups excluding carboxylic acids is 1. The molecule has 2 fully saturated rings. The zero-order valence-electron chi connectivity index (χ0n) is 11.3. The van der Waals surface area contributed by atoms with Gasteiger partial charge in [-0.25, -0.2) is 0 Å². The van der Waals surface area contributed by atoms with E-state index in [1.807, 2.05) is 0 Å². The van der Waals surface area contributed by atoms with E-state index in [4.69, 9.17) is 11.6 Å². The van der Waals surface area contributed by atoms with E-state index in [2.05, 4.69) is 10.6 Å². The third-order valence-corrected chi connectivity index (χ3v) is 4.44. The maximum atomic E-state index is 12.3. The van der Waals surface area contributed by atoms with Gasteiger partial charge in [-0.15, -0.1) is 0 Å². The van der Waals surface area contributed by atoms with Gasteiger partial charge in [0, 0.05) is 29.2 Å². The molecule has 0 aromatic heterocycles. The number of nitro benzene ring substituents is 1. The third-order valence-electron chi connectivity index (χ3n) is 4.21. The van der Waals surface area contributed by atoms with Crippen LogP contribution in [0, 0.1) is 10.1 Å². The van der Waals surface area contributed by atoms with E-state index >= 15 is 0 Å². The smallest absolute Gasteiger partial charge is 0.283 e. The van der Waals surface area contributed by atoms with Crippen LogP contribution in [0.15, 0.2) is 18.2 Å². The highest BCUT2D eigenvalue weighted by atomic mass is 35.5. The number of rotatable bonds is 3. The van der Waals surface area contributed by atoms with Crippen LogP contribution in [-0.4, -0.2) is 29.0 Å². The normalized spacial score (nSPS) is 27.4. The second-order valence-corrected chi connectivity index (χ2v) is 6.13. The second kappa shape index (κ2) is 5.61. The minimum atomic E-state index is -0.576. The molecule has 2 atom stereocenters. The molecule has 0 spiro atoms. The zero-order valence-corrected chi connectivity index (χ0v) is 12.1. The number of benzene rings is 1. The second-order valence-electron chi connectivity index (χ2n) is 5.70. The number of halogens is 1. The van der Waals surface area contributed by atoms with Crippen molar-refractivity contribution in [3.05, 3.63) is 38.9 Å². The lowest BCUT2D eigenvalue weighted by molar-refractivity contribution is -0.385. The Morgan fingerprint density at radius 2 is 2.00 bits per heavy atom. The fraction of sp³-hybridized carbons (Fsp3) is 0.500. The monoisotopic (exact) mass is 309 g/mol. The number of fused-ring (bicyclic) bond motifs is 2. The van der Waals surface area contributed by atoms with E-state index < -0.39 is 10.8 Å². The van der Waals surface area contributed by atoms with E-state index in [1.165, 1.54) is 18.2 Å². The van der Waals surface area contributed by atoms with Crippen LogP contribution in [0.3, 0.4) is 0 Å². The predicted molar refractivity (Wildman–Crippen MR) is 78.5 cm³/mol. The number of piperidine rings is 1. The zero-order chi connectivity index (χ0) is 15.0. The molecule has 2 N–H and O–H groups in total. The Bertz CT molecular complexity index is 581. The molecule has 2 unspecified atom stereocenters. The van der Waals surface area contributed by atoms with Crippen LogP contribution in [-0.2, 0) is 0 Å². The summed E-state index contributed by atoms with van der Waals surface area (Å²) in [5.74, 6) is -0.398. The number of nitrogens with one attached hydrogen (secondary N) is 2. The van der Waals surface area contributed by atoms with E-state index in [0.29, 0.717) is 12.1 Å². The minimum Gasteiger partial charge on any atom is -0.349 e. The van der Waals surface area contributed by atoms with Gasteiger partial charge < -0.3 is 10.6 Å². The topological polar surface area (TPSA) is 84.3 Å². The van der Waals surface area contributed by atoms with Gasteiger partial charge >= 0.3 is 0 Å². The quantitative estimate of drug-likeness (QED) is 0.662. The highest BCUT2D eigenvalue weighted by Gasteiger charge is 2.34.